The molecule has 0 saturated carbocycles. The maximum atomic E-state index is 12.2. The van der Waals surface area contributed by atoms with Gasteiger partial charge in [-0.2, -0.15) is 0 Å². The van der Waals surface area contributed by atoms with Crippen LogP contribution < -0.4 is 5.32 Å². The molecule has 0 heterocycles. The summed E-state index contributed by atoms with van der Waals surface area (Å²) < 4.78 is 0. The van der Waals surface area contributed by atoms with Gasteiger partial charge >= 0.3 is 0 Å². The van der Waals surface area contributed by atoms with Crippen molar-refractivity contribution in [2.75, 3.05) is 5.32 Å². The molecule has 0 aliphatic carbocycles. The van der Waals surface area contributed by atoms with Crippen LogP contribution in [-0.2, 0) is 6.42 Å². The molecule has 23 heavy (non-hydrogen) atoms. The second-order valence-corrected chi connectivity index (χ2v) is 5.00. The minimum Gasteiger partial charge on any atom is -0.508 e. The van der Waals surface area contributed by atoms with Gasteiger partial charge in [-0.3, -0.25) is 14.9 Å². The second kappa shape index (κ2) is 6.78. The van der Waals surface area contributed by atoms with E-state index in [1.54, 1.807) is 0 Å². The Morgan fingerprint density at radius 2 is 1.96 bits per heavy atom. The highest BCUT2D eigenvalue weighted by Crippen LogP contribution is 2.26. The number of hydrogen-bond acceptors (Lipinski definition) is 5. The first-order valence-corrected chi connectivity index (χ1v) is 7.03. The SMILES string of the molecule is CCCc1cc([N+](=O)[O-])ccc1NC(=O)c1cc(O)ccc1O. The zero-order valence-electron chi connectivity index (χ0n) is 12.4. The van der Waals surface area contributed by atoms with Crippen LogP contribution in [0.15, 0.2) is 36.4 Å². The third kappa shape index (κ3) is 3.76. The van der Waals surface area contributed by atoms with Crippen LogP contribution in [0.2, 0.25) is 0 Å². The van der Waals surface area contributed by atoms with E-state index in [9.17, 15) is 25.1 Å². The number of hydrogen-bond donors (Lipinski definition) is 3. The summed E-state index contributed by atoms with van der Waals surface area (Å²) in [7, 11) is 0. The number of nitro benzene ring substituents is 1. The lowest BCUT2D eigenvalue weighted by Gasteiger charge is -2.11. The molecule has 2 aromatic rings. The number of phenolic OH excluding ortho intramolecular Hbond substituents is 2. The fraction of sp³-hybridized carbons (Fsp3) is 0.188. The Morgan fingerprint density at radius 3 is 2.61 bits per heavy atom. The molecule has 0 atom stereocenters. The van der Waals surface area contributed by atoms with Crippen molar-refractivity contribution in [1.29, 1.82) is 0 Å². The molecule has 1 amide bonds. The molecule has 7 heteroatoms. The highest BCUT2D eigenvalue weighted by molar-refractivity contribution is 6.06. The Bertz CT molecular complexity index is 758. The molecule has 0 aliphatic rings. The summed E-state index contributed by atoms with van der Waals surface area (Å²) in [5.74, 6) is -1.02. The topological polar surface area (TPSA) is 113 Å². The summed E-state index contributed by atoms with van der Waals surface area (Å²) in [6.45, 7) is 1.92. The molecule has 2 aromatic carbocycles. The molecule has 0 aromatic heterocycles. The Kier molecular flexibility index (Phi) is 4.80. The molecule has 0 aliphatic heterocycles. The van der Waals surface area contributed by atoms with Gasteiger partial charge in [0.1, 0.15) is 11.5 Å². The van der Waals surface area contributed by atoms with E-state index in [-0.39, 0.29) is 22.7 Å². The van der Waals surface area contributed by atoms with Crippen molar-refractivity contribution >= 4 is 17.3 Å². The number of non-ortho nitro benzene ring substituents is 1. The van der Waals surface area contributed by atoms with Crippen molar-refractivity contribution in [3.05, 3.63) is 57.6 Å². The highest BCUT2D eigenvalue weighted by atomic mass is 16.6. The van der Waals surface area contributed by atoms with Crippen LogP contribution in [0.3, 0.4) is 0 Å². The minimum absolute atomic E-state index is 0.0494. The number of rotatable bonds is 5. The molecular weight excluding hydrogens is 300 g/mol. The van der Waals surface area contributed by atoms with E-state index < -0.39 is 10.8 Å². The summed E-state index contributed by atoms with van der Waals surface area (Å²) in [5, 5.41) is 32.6. The van der Waals surface area contributed by atoms with Crippen molar-refractivity contribution < 1.29 is 19.9 Å². The number of nitrogens with one attached hydrogen (secondary N) is 1. The summed E-state index contributed by atoms with van der Waals surface area (Å²) in [5.41, 5.74) is 0.942. The molecule has 0 bridgehead atoms. The van der Waals surface area contributed by atoms with Gasteiger partial charge in [0.05, 0.1) is 10.5 Å². The van der Waals surface area contributed by atoms with E-state index in [0.717, 1.165) is 12.5 Å². The number of nitrogens with zero attached hydrogens (tertiary/aromatic N) is 1. The number of nitro groups is 1. The quantitative estimate of drug-likeness (QED) is 0.445. The zero-order chi connectivity index (χ0) is 17.0. The normalized spacial score (nSPS) is 10.3. The van der Waals surface area contributed by atoms with Crippen LogP contribution in [0.5, 0.6) is 11.5 Å². The smallest absolute Gasteiger partial charge is 0.269 e. The second-order valence-electron chi connectivity index (χ2n) is 5.00. The van der Waals surface area contributed by atoms with Gasteiger partial charge in [-0.1, -0.05) is 13.3 Å². The third-order valence-electron chi connectivity index (χ3n) is 3.29. The third-order valence-corrected chi connectivity index (χ3v) is 3.29. The lowest BCUT2D eigenvalue weighted by molar-refractivity contribution is -0.384. The first-order chi connectivity index (χ1) is 10.9. The maximum absolute atomic E-state index is 12.2. The number of phenols is 2. The summed E-state index contributed by atoms with van der Waals surface area (Å²) in [6.07, 6.45) is 1.31. The molecular formula is C16H16N2O5. The average Bonchev–Trinajstić information content (AvgIpc) is 2.51. The van der Waals surface area contributed by atoms with E-state index in [1.807, 2.05) is 6.92 Å². The van der Waals surface area contributed by atoms with Gasteiger partial charge in [0.2, 0.25) is 0 Å². The fourth-order valence-corrected chi connectivity index (χ4v) is 2.19. The monoisotopic (exact) mass is 316 g/mol. The largest absolute Gasteiger partial charge is 0.508 e. The summed E-state index contributed by atoms with van der Waals surface area (Å²) >= 11 is 0. The first-order valence-electron chi connectivity index (χ1n) is 7.03. The van der Waals surface area contributed by atoms with E-state index in [4.69, 9.17) is 0 Å². The average molecular weight is 316 g/mol. The predicted molar refractivity (Wildman–Crippen MR) is 84.8 cm³/mol. The Hall–Kier alpha value is -3.09. The van der Waals surface area contributed by atoms with Gasteiger partial charge in [0, 0.05) is 17.8 Å². The van der Waals surface area contributed by atoms with E-state index >= 15 is 0 Å². The summed E-state index contributed by atoms with van der Waals surface area (Å²) in [4.78, 5) is 22.6. The number of amides is 1. The van der Waals surface area contributed by atoms with Gasteiger partial charge in [0.25, 0.3) is 11.6 Å². The van der Waals surface area contributed by atoms with E-state index in [0.29, 0.717) is 17.7 Å². The van der Waals surface area contributed by atoms with Gasteiger partial charge in [-0.15, -0.1) is 0 Å². The number of benzene rings is 2. The highest BCUT2D eigenvalue weighted by Gasteiger charge is 2.16. The van der Waals surface area contributed by atoms with Crippen LogP contribution in [0.4, 0.5) is 11.4 Å². The van der Waals surface area contributed by atoms with Crippen LogP contribution in [0.1, 0.15) is 29.3 Å². The van der Waals surface area contributed by atoms with E-state index in [1.165, 1.54) is 30.3 Å². The van der Waals surface area contributed by atoms with Crippen molar-refractivity contribution in [3.8, 4) is 11.5 Å². The molecule has 3 N–H and O–H groups in total. The fourth-order valence-electron chi connectivity index (χ4n) is 2.19. The Balaban J connectivity index is 2.33. The maximum Gasteiger partial charge on any atom is 0.269 e. The molecule has 7 nitrogen and oxygen atoms in total. The standard InChI is InChI=1S/C16H16N2O5/c1-2-3-10-8-11(18(22)23)4-6-14(10)17-16(21)13-9-12(19)5-7-15(13)20/h4-9,19-20H,2-3H2,1H3,(H,17,21). The van der Waals surface area contributed by atoms with E-state index in [2.05, 4.69) is 5.32 Å². The first kappa shape index (κ1) is 16.3. The molecule has 0 radical (unpaired) electrons. The van der Waals surface area contributed by atoms with Crippen molar-refractivity contribution in [2.45, 2.75) is 19.8 Å². The number of anilines is 1. The Labute approximate surface area is 132 Å². The Morgan fingerprint density at radius 1 is 1.22 bits per heavy atom. The van der Waals surface area contributed by atoms with Crippen LogP contribution in [0.25, 0.3) is 0 Å². The van der Waals surface area contributed by atoms with Gasteiger partial charge in [-0.25, -0.2) is 0 Å². The minimum atomic E-state index is -0.607. The van der Waals surface area contributed by atoms with Crippen molar-refractivity contribution in [1.82, 2.24) is 0 Å². The number of carbonyl (C=O) groups excluding carboxylic acids is 1. The predicted octanol–water partition coefficient (Wildman–Crippen LogP) is 3.21. The van der Waals surface area contributed by atoms with Crippen molar-refractivity contribution in [2.24, 2.45) is 0 Å². The molecule has 2 rings (SSSR count). The molecule has 0 saturated heterocycles. The molecule has 120 valence electrons. The number of carbonyl (C=O) groups is 1. The van der Waals surface area contributed by atoms with Crippen LogP contribution in [0, 0.1) is 10.1 Å². The molecule has 0 spiro atoms. The van der Waals surface area contributed by atoms with Gasteiger partial charge < -0.3 is 15.5 Å². The van der Waals surface area contributed by atoms with Gasteiger partial charge in [-0.05, 0) is 36.2 Å². The van der Waals surface area contributed by atoms with Crippen LogP contribution >= 0.6 is 0 Å². The molecule has 0 fully saturated rings. The lowest BCUT2D eigenvalue weighted by Crippen LogP contribution is -2.13. The van der Waals surface area contributed by atoms with Crippen molar-refractivity contribution in [3.63, 3.8) is 0 Å². The van der Waals surface area contributed by atoms with Crippen LogP contribution in [-0.4, -0.2) is 21.0 Å². The summed E-state index contributed by atoms with van der Waals surface area (Å²) in [6, 6.07) is 7.81. The lowest BCUT2D eigenvalue weighted by atomic mass is 10.1. The number of aromatic hydroxyl groups is 2. The number of aryl methyl sites for hydroxylation is 1. The zero-order valence-corrected chi connectivity index (χ0v) is 12.4. The molecule has 0 unspecified atom stereocenters. The van der Waals surface area contributed by atoms with Gasteiger partial charge in [0.15, 0.2) is 0 Å².